The van der Waals surface area contributed by atoms with Crippen molar-refractivity contribution in [1.82, 2.24) is 5.43 Å². The summed E-state index contributed by atoms with van der Waals surface area (Å²) in [4.78, 5) is 12.2. The summed E-state index contributed by atoms with van der Waals surface area (Å²) in [6.07, 6.45) is 0.894. The van der Waals surface area contributed by atoms with E-state index in [4.69, 9.17) is 9.47 Å². The summed E-state index contributed by atoms with van der Waals surface area (Å²) in [6, 6.07) is 21.3. The average molecular weight is 332 g/mol. The lowest BCUT2D eigenvalue weighted by Gasteiger charge is -2.24. The number of ether oxygens (including phenoxy) is 2. The molecule has 0 aromatic heterocycles. The number of hydrogen-bond donors (Lipinski definition) is 1. The Balaban J connectivity index is 1.40. The lowest BCUT2D eigenvalue weighted by Crippen LogP contribution is -2.42. The number of rotatable bonds is 3. The van der Waals surface area contributed by atoms with Crippen LogP contribution in [-0.4, -0.2) is 24.8 Å². The summed E-state index contributed by atoms with van der Waals surface area (Å²) in [5, 5.41) is 6.31. The molecule has 1 unspecified atom stereocenters. The Morgan fingerprint density at radius 1 is 1.00 bits per heavy atom. The van der Waals surface area contributed by atoms with Crippen molar-refractivity contribution in [2.24, 2.45) is 5.10 Å². The van der Waals surface area contributed by atoms with E-state index in [1.807, 2.05) is 48.5 Å². The molecule has 1 atom stereocenters. The molecular formula is C20H16N2O3. The molecule has 124 valence electrons. The van der Waals surface area contributed by atoms with Crippen molar-refractivity contribution < 1.29 is 14.3 Å². The molecule has 0 fully saturated rings. The van der Waals surface area contributed by atoms with Crippen LogP contribution in [0.3, 0.4) is 0 Å². The van der Waals surface area contributed by atoms with Crippen LogP contribution in [0.2, 0.25) is 0 Å². The van der Waals surface area contributed by atoms with E-state index in [2.05, 4.69) is 16.6 Å². The highest BCUT2D eigenvalue weighted by molar-refractivity contribution is 5.91. The summed E-state index contributed by atoms with van der Waals surface area (Å²) in [6.45, 7) is 0.161. The molecule has 1 aliphatic rings. The topological polar surface area (TPSA) is 59.9 Å². The molecule has 5 heteroatoms. The number of amides is 1. The van der Waals surface area contributed by atoms with Gasteiger partial charge in [0.25, 0.3) is 5.91 Å². The fourth-order valence-electron chi connectivity index (χ4n) is 2.68. The number of carbonyl (C=O) groups excluding carboxylic acids is 1. The molecule has 1 heterocycles. The van der Waals surface area contributed by atoms with Crippen LogP contribution in [0.15, 0.2) is 71.8 Å². The third kappa shape index (κ3) is 3.30. The van der Waals surface area contributed by atoms with Crippen LogP contribution >= 0.6 is 0 Å². The minimum Gasteiger partial charge on any atom is -0.485 e. The summed E-state index contributed by atoms with van der Waals surface area (Å²) >= 11 is 0. The zero-order chi connectivity index (χ0) is 17.1. The first-order valence-corrected chi connectivity index (χ1v) is 8.00. The highest BCUT2D eigenvalue weighted by Gasteiger charge is 2.26. The van der Waals surface area contributed by atoms with Crippen molar-refractivity contribution in [3.05, 3.63) is 72.3 Å². The van der Waals surface area contributed by atoms with Gasteiger partial charge in [-0.2, -0.15) is 5.10 Å². The fourth-order valence-corrected chi connectivity index (χ4v) is 2.68. The monoisotopic (exact) mass is 332 g/mol. The minimum atomic E-state index is -0.719. The second-order valence-electron chi connectivity index (χ2n) is 5.71. The maximum atomic E-state index is 12.2. The van der Waals surface area contributed by atoms with E-state index >= 15 is 0 Å². The number of carbonyl (C=O) groups is 1. The quantitative estimate of drug-likeness (QED) is 0.592. The van der Waals surface area contributed by atoms with E-state index in [9.17, 15) is 4.79 Å². The number of benzene rings is 3. The van der Waals surface area contributed by atoms with Gasteiger partial charge in [0, 0.05) is 0 Å². The highest BCUT2D eigenvalue weighted by Crippen LogP contribution is 2.30. The first-order chi connectivity index (χ1) is 12.3. The van der Waals surface area contributed by atoms with Gasteiger partial charge in [0.1, 0.15) is 6.61 Å². The smallest absolute Gasteiger partial charge is 0.284 e. The first kappa shape index (κ1) is 15.2. The van der Waals surface area contributed by atoms with Crippen LogP contribution in [-0.2, 0) is 4.79 Å². The lowest BCUT2D eigenvalue weighted by atomic mass is 10.1. The van der Waals surface area contributed by atoms with E-state index in [-0.39, 0.29) is 12.5 Å². The molecule has 1 amide bonds. The molecule has 5 nitrogen and oxygen atoms in total. The van der Waals surface area contributed by atoms with Crippen molar-refractivity contribution in [3.63, 3.8) is 0 Å². The molecule has 0 radical (unpaired) electrons. The second kappa shape index (κ2) is 6.65. The number of nitrogens with one attached hydrogen (secondary N) is 1. The zero-order valence-corrected chi connectivity index (χ0v) is 13.4. The van der Waals surface area contributed by atoms with E-state index < -0.39 is 6.10 Å². The predicted molar refractivity (Wildman–Crippen MR) is 96.0 cm³/mol. The lowest BCUT2D eigenvalue weighted by molar-refractivity contribution is -0.130. The van der Waals surface area contributed by atoms with Crippen molar-refractivity contribution in [1.29, 1.82) is 0 Å². The molecule has 1 aliphatic heterocycles. The molecule has 0 spiro atoms. The van der Waals surface area contributed by atoms with E-state index in [1.165, 1.54) is 0 Å². The van der Waals surface area contributed by atoms with Gasteiger partial charge in [0.2, 0.25) is 6.10 Å². The summed E-state index contributed by atoms with van der Waals surface area (Å²) in [5.74, 6) is 0.866. The first-order valence-electron chi connectivity index (χ1n) is 8.00. The Morgan fingerprint density at radius 2 is 1.76 bits per heavy atom. The van der Waals surface area contributed by atoms with E-state index in [1.54, 1.807) is 18.3 Å². The van der Waals surface area contributed by atoms with Crippen molar-refractivity contribution in [2.45, 2.75) is 6.10 Å². The molecule has 0 bridgehead atoms. The normalized spacial score (nSPS) is 16.1. The molecule has 0 aliphatic carbocycles. The number of para-hydroxylation sites is 2. The van der Waals surface area contributed by atoms with Gasteiger partial charge < -0.3 is 9.47 Å². The van der Waals surface area contributed by atoms with Crippen LogP contribution in [0.5, 0.6) is 11.5 Å². The molecule has 0 saturated heterocycles. The van der Waals surface area contributed by atoms with Crippen LogP contribution in [0.4, 0.5) is 0 Å². The Labute approximate surface area is 144 Å². The van der Waals surface area contributed by atoms with E-state index in [0.717, 1.165) is 16.3 Å². The van der Waals surface area contributed by atoms with Gasteiger partial charge in [-0.3, -0.25) is 4.79 Å². The molecule has 25 heavy (non-hydrogen) atoms. The number of nitrogens with zero attached hydrogens (tertiary/aromatic N) is 1. The minimum absolute atomic E-state index is 0.161. The Hall–Kier alpha value is -3.34. The van der Waals surface area contributed by atoms with Gasteiger partial charge in [-0.15, -0.1) is 0 Å². The number of hydrogen-bond acceptors (Lipinski definition) is 4. The summed E-state index contributed by atoms with van der Waals surface area (Å²) < 4.78 is 11.2. The van der Waals surface area contributed by atoms with Gasteiger partial charge in [-0.05, 0) is 34.5 Å². The molecule has 3 aromatic rings. The van der Waals surface area contributed by atoms with Crippen molar-refractivity contribution >= 4 is 22.9 Å². The number of hydrazone groups is 1. The maximum Gasteiger partial charge on any atom is 0.284 e. The highest BCUT2D eigenvalue weighted by atomic mass is 16.6. The molecule has 0 saturated carbocycles. The Bertz CT molecular complexity index is 952. The number of fused-ring (bicyclic) bond motifs is 2. The van der Waals surface area contributed by atoms with Gasteiger partial charge in [-0.25, -0.2) is 5.43 Å². The largest absolute Gasteiger partial charge is 0.485 e. The third-order valence-corrected chi connectivity index (χ3v) is 3.96. The Morgan fingerprint density at radius 3 is 2.64 bits per heavy atom. The van der Waals surface area contributed by atoms with Crippen molar-refractivity contribution in [3.8, 4) is 11.5 Å². The average Bonchev–Trinajstić information content (AvgIpc) is 2.67. The fraction of sp³-hybridized carbons (Fsp3) is 0.100. The molecule has 1 N–H and O–H groups in total. The summed E-state index contributed by atoms with van der Waals surface area (Å²) in [7, 11) is 0. The predicted octanol–water partition coefficient (Wildman–Crippen LogP) is 3.13. The van der Waals surface area contributed by atoms with Crippen LogP contribution in [0, 0.1) is 0 Å². The van der Waals surface area contributed by atoms with Crippen LogP contribution in [0.25, 0.3) is 10.8 Å². The van der Waals surface area contributed by atoms with Crippen LogP contribution < -0.4 is 14.9 Å². The van der Waals surface area contributed by atoms with Crippen molar-refractivity contribution in [2.75, 3.05) is 6.61 Å². The zero-order valence-electron chi connectivity index (χ0n) is 13.4. The standard InChI is InChI=1S/C20H16N2O3/c23-20(19-13-24-17-7-3-4-8-18(17)25-19)22-21-12-14-9-10-15-5-1-2-6-16(15)11-14/h1-12,19H,13H2,(H,22,23)/b21-12+. The van der Waals surface area contributed by atoms with Crippen LogP contribution in [0.1, 0.15) is 5.56 Å². The van der Waals surface area contributed by atoms with Gasteiger partial charge in [0.05, 0.1) is 6.21 Å². The second-order valence-corrected chi connectivity index (χ2v) is 5.71. The Kier molecular flexibility index (Phi) is 4.04. The van der Waals surface area contributed by atoms with E-state index in [0.29, 0.717) is 11.5 Å². The molecule has 4 rings (SSSR count). The van der Waals surface area contributed by atoms with Gasteiger partial charge in [-0.1, -0.05) is 48.5 Å². The maximum absolute atomic E-state index is 12.2. The third-order valence-electron chi connectivity index (χ3n) is 3.96. The molecular weight excluding hydrogens is 316 g/mol. The molecule has 3 aromatic carbocycles. The van der Waals surface area contributed by atoms with Gasteiger partial charge in [0.15, 0.2) is 11.5 Å². The SMILES string of the molecule is O=C(N/N=C/c1ccc2ccccc2c1)C1COc2ccccc2O1. The summed E-state index contributed by atoms with van der Waals surface area (Å²) in [5.41, 5.74) is 3.41. The van der Waals surface area contributed by atoms with Gasteiger partial charge >= 0.3 is 0 Å².